The van der Waals surface area contributed by atoms with Crippen LogP contribution >= 0.6 is 11.8 Å². The Bertz CT molecular complexity index is 390. The van der Waals surface area contributed by atoms with E-state index in [1.54, 1.807) is 12.1 Å². The molecule has 86 valence electrons. The number of carbonyl (C=O) groups is 2. The summed E-state index contributed by atoms with van der Waals surface area (Å²) < 4.78 is 5.13. The summed E-state index contributed by atoms with van der Waals surface area (Å²) in [7, 11) is 0. The Labute approximate surface area is 96.4 Å². The molecule has 1 N–H and O–H groups in total. The molecular weight excluding hydrogens is 230 g/mol. The molecule has 6 heteroatoms. The van der Waals surface area contributed by atoms with Crippen molar-refractivity contribution in [1.82, 2.24) is 4.90 Å². The minimum atomic E-state index is -0.873. The molecule has 1 aromatic rings. The van der Waals surface area contributed by atoms with Crippen LogP contribution in [0.5, 0.6) is 0 Å². The van der Waals surface area contributed by atoms with Gasteiger partial charge in [0.05, 0.1) is 18.6 Å². The maximum Gasteiger partial charge on any atom is 0.318 e. The maximum atomic E-state index is 11.6. The maximum absolute atomic E-state index is 11.6. The van der Waals surface area contributed by atoms with Crippen LogP contribution in [-0.2, 0) is 16.1 Å². The van der Waals surface area contributed by atoms with E-state index in [0.717, 1.165) is 0 Å². The van der Waals surface area contributed by atoms with Crippen molar-refractivity contribution >= 4 is 23.6 Å². The summed E-state index contributed by atoms with van der Waals surface area (Å²) in [5.74, 6) is -0.0252. The standard InChI is InChI=1S/C10H11NO4S/c12-9-6-16-8(10(13)14)5-11(9)4-7-2-1-3-15-7/h1-3,8H,4-6H2,(H,13,14). The molecule has 1 atom stereocenters. The smallest absolute Gasteiger partial charge is 0.318 e. The predicted molar refractivity (Wildman–Crippen MR) is 58.0 cm³/mol. The highest BCUT2D eigenvalue weighted by Crippen LogP contribution is 2.21. The Morgan fingerprint density at radius 1 is 1.69 bits per heavy atom. The van der Waals surface area contributed by atoms with E-state index in [1.165, 1.54) is 22.9 Å². The summed E-state index contributed by atoms with van der Waals surface area (Å²) in [6.07, 6.45) is 1.53. The zero-order valence-corrected chi connectivity index (χ0v) is 9.27. The second-order valence-corrected chi connectivity index (χ2v) is 4.68. The van der Waals surface area contributed by atoms with E-state index in [2.05, 4.69) is 0 Å². The highest BCUT2D eigenvalue weighted by molar-refractivity contribution is 8.01. The number of carboxylic acids is 1. The molecule has 1 fully saturated rings. The van der Waals surface area contributed by atoms with Gasteiger partial charge in [0.2, 0.25) is 5.91 Å². The van der Waals surface area contributed by atoms with Gasteiger partial charge >= 0.3 is 5.97 Å². The van der Waals surface area contributed by atoms with Crippen LogP contribution in [0.3, 0.4) is 0 Å². The van der Waals surface area contributed by atoms with Gasteiger partial charge < -0.3 is 14.4 Å². The molecule has 0 aromatic carbocycles. The SMILES string of the molecule is O=C(O)C1CN(Cc2ccco2)C(=O)CS1. The van der Waals surface area contributed by atoms with Crippen LogP contribution in [0, 0.1) is 0 Å². The first-order chi connectivity index (χ1) is 7.66. The van der Waals surface area contributed by atoms with Gasteiger partial charge in [0.25, 0.3) is 0 Å². The van der Waals surface area contributed by atoms with Crippen molar-refractivity contribution in [3.63, 3.8) is 0 Å². The summed E-state index contributed by atoms with van der Waals surface area (Å²) in [6.45, 7) is 0.579. The highest BCUT2D eigenvalue weighted by Gasteiger charge is 2.30. The molecular formula is C10H11NO4S. The minimum absolute atomic E-state index is 0.0427. The molecule has 0 saturated carbocycles. The van der Waals surface area contributed by atoms with E-state index in [4.69, 9.17) is 9.52 Å². The molecule has 1 aromatic heterocycles. The lowest BCUT2D eigenvalue weighted by Crippen LogP contribution is -2.44. The van der Waals surface area contributed by atoms with Gasteiger partial charge in [-0.25, -0.2) is 0 Å². The number of carboxylic acid groups (broad SMARTS) is 1. The van der Waals surface area contributed by atoms with Gasteiger partial charge in [0.15, 0.2) is 0 Å². The van der Waals surface area contributed by atoms with Crippen LogP contribution < -0.4 is 0 Å². The van der Waals surface area contributed by atoms with Crippen molar-refractivity contribution in [1.29, 1.82) is 0 Å². The second kappa shape index (κ2) is 4.61. The lowest BCUT2D eigenvalue weighted by atomic mass is 10.3. The summed E-state index contributed by atoms with van der Waals surface area (Å²) >= 11 is 1.17. The van der Waals surface area contributed by atoms with E-state index in [-0.39, 0.29) is 18.2 Å². The quantitative estimate of drug-likeness (QED) is 0.847. The van der Waals surface area contributed by atoms with Gasteiger partial charge in [-0.1, -0.05) is 0 Å². The number of carbonyl (C=O) groups excluding carboxylic acids is 1. The van der Waals surface area contributed by atoms with E-state index < -0.39 is 11.2 Å². The number of amides is 1. The van der Waals surface area contributed by atoms with Crippen molar-refractivity contribution in [2.75, 3.05) is 12.3 Å². The van der Waals surface area contributed by atoms with Crippen molar-refractivity contribution < 1.29 is 19.1 Å². The van der Waals surface area contributed by atoms with Gasteiger partial charge in [-0.2, -0.15) is 0 Å². The molecule has 2 rings (SSSR count). The highest BCUT2D eigenvalue weighted by atomic mass is 32.2. The number of hydrogen-bond acceptors (Lipinski definition) is 4. The number of rotatable bonds is 3. The van der Waals surface area contributed by atoms with Gasteiger partial charge in [-0.3, -0.25) is 9.59 Å². The molecule has 5 nitrogen and oxygen atoms in total. The molecule has 16 heavy (non-hydrogen) atoms. The molecule has 1 saturated heterocycles. The van der Waals surface area contributed by atoms with E-state index in [0.29, 0.717) is 12.3 Å². The van der Waals surface area contributed by atoms with Gasteiger partial charge in [0.1, 0.15) is 11.0 Å². The molecule has 1 aliphatic heterocycles. The zero-order valence-electron chi connectivity index (χ0n) is 8.46. The lowest BCUT2D eigenvalue weighted by Gasteiger charge is -2.29. The molecule has 0 radical (unpaired) electrons. The molecule has 0 bridgehead atoms. The van der Waals surface area contributed by atoms with Crippen LogP contribution in [0.1, 0.15) is 5.76 Å². The number of nitrogens with zero attached hydrogens (tertiary/aromatic N) is 1. The molecule has 1 amide bonds. The number of thioether (sulfide) groups is 1. The first-order valence-corrected chi connectivity index (χ1v) is 5.86. The summed E-state index contributed by atoms with van der Waals surface area (Å²) in [6, 6.07) is 3.51. The van der Waals surface area contributed by atoms with Gasteiger partial charge in [-0.05, 0) is 12.1 Å². The van der Waals surface area contributed by atoms with Crippen LogP contribution in [0.2, 0.25) is 0 Å². The Hall–Kier alpha value is -1.43. The largest absolute Gasteiger partial charge is 0.480 e. The Morgan fingerprint density at radius 3 is 3.12 bits per heavy atom. The zero-order chi connectivity index (χ0) is 11.5. The second-order valence-electron chi connectivity index (χ2n) is 3.49. The number of hydrogen-bond donors (Lipinski definition) is 1. The third-order valence-corrected chi connectivity index (χ3v) is 3.52. The number of furan rings is 1. The predicted octanol–water partition coefficient (Wildman–Crippen LogP) is 0.808. The summed E-state index contributed by atoms with van der Waals surface area (Å²) in [4.78, 5) is 23.9. The normalized spacial score (nSPS) is 21.1. The molecule has 0 spiro atoms. The van der Waals surface area contributed by atoms with Crippen LogP contribution in [-0.4, -0.2) is 39.4 Å². The Balaban J connectivity index is 2.01. The average molecular weight is 241 g/mol. The van der Waals surface area contributed by atoms with Crippen LogP contribution in [0.4, 0.5) is 0 Å². The molecule has 0 aliphatic carbocycles. The fourth-order valence-electron chi connectivity index (χ4n) is 1.51. The Morgan fingerprint density at radius 2 is 2.50 bits per heavy atom. The first kappa shape index (κ1) is 11.1. The summed E-state index contributed by atoms with van der Waals surface area (Å²) in [5, 5.41) is 8.35. The van der Waals surface area contributed by atoms with Crippen molar-refractivity contribution in [3.8, 4) is 0 Å². The van der Waals surface area contributed by atoms with Crippen molar-refractivity contribution in [2.45, 2.75) is 11.8 Å². The van der Waals surface area contributed by atoms with E-state index in [1.807, 2.05) is 0 Å². The Kier molecular flexibility index (Phi) is 3.19. The molecule has 1 aliphatic rings. The fraction of sp³-hybridized carbons (Fsp3) is 0.400. The monoisotopic (exact) mass is 241 g/mol. The third kappa shape index (κ3) is 2.38. The van der Waals surface area contributed by atoms with E-state index in [9.17, 15) is 9.59 Å². The van der Waals surface area contributed by atoms with Crippen LogP contribution in [0.25, 0.3) is 0 Å². The number of aliphatic carboxylic acids is 1. The molecule has 2 heterocycles. The average Bonchev–Trinajstić information content (AvgIpc) is 2.73. The van der Waals surface area contributed by atoms with Crippen LogP contribution in [0.15, 0.2) is 22.8 Å². The lowest BCUT2D eigenvalue weighted by molar-refractivity contribution is -0.138. The van der Waals surface area contributed by atoms with Gasteiger partial charge in [0, 0.05) is 6.54 Å². The fourth-order valence-corrected chi connectivity index (χ4v) is 2.46. The van der Waals surface area contributed by atoms with Crippen molar-refractivity contribution in [2.24, 2.45) is 0 Å². The molecule has 1 unspecified atom stereocenters. The van der Waals surface area contributed by atoms with E-state index >= 15 is 0 Å². The van der Waals surface area contributed by atoms with Crippen molar-refractivity contribution in [3.05, 3.63) is 24.2 Å². The summed E-state index contributed by atoms with van der Waals surface area (Å²) in [5.41, 5.74) is 0. The first-order valence-electron chi connectivity index (χ1n) is 4.81. The van der Waals surface area contributed by atoms with Gasteiger partial charge in [-0.15, -0.1) is 11.8 Å². The minimum Gasteiger partial charge on any atom is -0.480 e. The topological polar surface area (TPSA) is 70.8 Å². The third-order valence-electron chi connectivity index (χ3n) is 2.35.